The third-order valence-electron chi connectivity index (χ3n) is 5.02. The van der Waals surface area contributed by atoms with Crippen LogP contribution in [0.2, 0.25) is 0 Å². The molecular weight excluding hydrogens is 396 g/mol. The Labute approximate surface area is 177 Å². The lowest BCUT2D eigenvalue weighted by Crippen LogP contribution is -2.13. The van der Waals surface area contributed by atoms with Gasteiger partial charge in [0, 0.05) is 28.7 Å². The van der Waals surface area contributed by atoms with Crippen LogP contribution < -0.4 is 10.1 Å². The van der Waals surface area contributed by atoms with Gasteiger partial charge in [-0.15, -0.1) is 10.2 Å². The predicted molar refractivity (Wildman–Crippen MR) is 119 cm³/mol. The van der Waals surface area contributed by atoms with Crippen LogP contribution in [0.4, 0.5) is 5.69 Å². The molecule has 148 valence electrons. The van der Waals surface area contributed by atoms with E-state index >= 15 is 0 Å². The van der Waals surface area contributed by atoms with Crippen LogP contribution in [-0.2, 0) is 4.79 Å². The van der Waals surface area contributed by atoms with E-state index in [0.29, 0.717) is 28.8 Å². The molecule has 0 atom stereocenters. The van der Waals surface area contributed by atoms with Crippen molar-refractivity contribution in [3.63, 3.8) is 0 Å². The maximum Gasteiger partial charge on any atom is 0.225 e. The second-order valence-corrected chi connectivity index (χ2v) is 7.91. The van der Waals surface area contributed by atoms with Crippen molar-refractivity contribution in [1.29, 1.82) is 0 Å². The molecular formula is C23H18N4O2S. The summed E-state index contributed by atoms with van der Waals surface area (Å²) in [5.74, 6) is 1.11. The molecule has 1 aliphatic carbocycles. The predicted octanol–water partition coefficient (Wildman–Crippen LogP) is 4.80. The number of anilines is 1. The zero-order valence-corrected chi connectivity index (χ0v) is 17.1. The first-order valence-electron chi connectivity index (χ1n) is 9.57. The van der Waals surface area contributed by atoms with Crippen LogP contribution in [0.1, 0.15) is 6.42 Å². The molecule has 7 heteroatoms. The van der Waals surface area contributed by atoms with Gasteiger partial charge in [-0.1, -0.05) is 60.3 Å². The third-order valence-corrected chi connectivity index (χ3v) is 5.86. The number of rotatable bonds is 6. The summed E-state index contributed by atoms with van der Waals surface area (Å²) in [6.45, 7) is 0. The average Bonchev–Trinajstić information content (AvgIpc) is 3.10. The van der Waals surface area contributed by atoms with Crippen molar-refractivity contribution in [2.24, 2.45) is 0 Å². The van der Waals surface area contributed by atoms with Gasteiger partial charge in [-0.05, 0) is 17.5 Å². The van der Waals surface area contributed by atoms with Crippen molar-refractivity contribution in [2.75, 3.05) is 18.2 Å². The van der Waals surface area contributed by atoms with Gasteiger partial charge in [0.25, 0.3) is 0 Å². The zero-order chi connectivity index (χ0) is 20.5. The van der Waals surface area contributed by atoms with Crippen LogP contribution in [0.5, 0.6) is 5.75 Å². The molecule has 0 aliphatic heterocycles. The fourth-order valence-electron chi connectivity index (χ4n) is 3.67. The molecule has 5 rings (SSSR count). The maximum atomic E-state index is 12.3. The molecule has 0 saturated carbocycles. The van der Waals surface area contributed by atoms with Gasteiger partial charge in [0.05, 0.1) is 12.8 Å². The number of thioether (sulfide) groups is 1. The standard InChI is InChI=1S/C23H18N4O2S/c1-29-18-11-3-2-10-17(18)24-19(28)12-13-30-23-25-21-15-8-4-6-14-7-5-9-16(20(14)15)22(21)26-27-23/h2-11H,12-13H2,1H3,(H,24,28). The highest BCUT2D eigenvalue weighted by Gasteiger charge is 2.24. The zero-order valence-electron chi connectivity index (χ0n) is 16.3. The Kier molecular flexibility index (Phi) is 4.80. The number of hydrogen-bond donors (Lipinski definition) is 1. The Morgan fingerprint density at radius 2 is 1.73 bits per heavy atom. The molecule has 0 spiro atoms. The largest absolute Gasteiger partial charge is 0.495 e. The molecule has 1 amide bonds. The Bertz CT molecular complexity index is 1270. The SMILES string of the molecule is COc1ccccc1NC(=O)CCSc1nnc2c(n1)-c1cccc3cccc-2c13. The number of methoxy groups -OCH3 is 1. The van der Waals surface area contributed by atoms with Crippen molar-refractivity contribution in [1.82, 2.24) is 15.2 Å². The lowest BCUT2D eigenvalue weighted by molar-refractivity contribution is -0.115. The van der Waals surface area contributed by atoms with Crippen LogP contribution in [0.3, 0.4) is 0 Å². The van der Waals surface area contributed by atoms with Crippen molar-refractivity contribution in [2.45, 2.75) is 11.6 Å². The number of nitrogens with zero attached hydrogens (tertiary/aromatic N) is 3. The molecule has 1 aliphatic rings. The van der Waals surface area contributed by atoms with Gasteiger partial charge < -0.3 is 10.1 Å². The summed E-state index contributed by atoms with van der Waals surface area (Å²) in [5, 5.41) is 14.5. The summed E-state index contributed by atoms with van der Waals surface area (Å²) in [5.41, 5.74) is 4.50. The van der Waals surface area contributed by atoms with Crippen LogP contribution in [0.25, 0.3) is 33.3 Å². The Morgan fingerprint density at radius 3 is 2.53 bits per heavy atom. The summed E-state index contributed by atoms with van der Waals surface area (Å²) < 4.78 is 5.26. The number of aromatic nitrogens is 3. The van der Waals surface area contributed by atoms with Gasteiger partial charge in [0.1, 0.15) is 17.1 Å². The van der Waals surface area contributed by atoms with Crippen molar-refractivity contribution in [3.8, 4) is 28.3 Å². The van der Waals surface area contributed by atoms with Gasteiger partial charge in [-0.25, -0.2) is 4.98 Å². The average molecular weight is 414 g/mol. The molecule has 1 aromatic heterocycles. The first kappa shape index (κ1) is 18.6. The van der Waals surface area contributed by atoms with Crippen LogP contribution >= 0.6 is 11.8 Å². The van der Waals surface area contributed by atoms with E-state index < -0.39 is 0 Å². The molecule has 0 radical (unpaired) electrons. The molecule has 0 fully saturated rings. The molecule has 0 bridgehead atoms. The van der Waals surface area contributed by atoms with E-state index in [1.807, 2.05) is 36.4 Å². The van der Waals surface area contributed by atoms with E-state index in [1.54, 1.807) is 7.11 Å². The van der Waals surface area contributed by atoms with E-state index in [9.17, 15) is 4.79 Å². The molecule has 0 unspecified atom stereocenters. The lowest BCUT2D eigenvalue weighted by atomic mass is 10.0. The summed E-state index contributed by atoms with van der Waals surface area (Å²) in [6.07, 6.45) is 0.332. The molecule has 1 heterocycles. The number of benzene rings is 3. The molecule has 0 saturated heterocycles. The van der Waals surface area contributed by atoms with Crippen LogP contribution in [0, 0.1) is 0 Å². The quantitative estimate of drug-likeness (QED) is 0.402. The fourth-order valence-corrected chi connectivity index (χ4v) is 4.40. The highest BCUT2D eigenvalue weighted by molar-refractivity contribution is 7.99. The maximum absolute atomic E-state index is 12.3. The van der Waals surface area contributed by atoms with E-state index in [1.165, 1.54) is 22.5 Å². The molecule has 6 nitrogen and oxygen atoms in total. The minimum atomic E-state index is -0.0849. The van der Waals surface area contributed by atoms with Gasteiger partial charge in [-0.3, -0.25) is 4.79 Å². The number of nitrogens with one attached hydrogen (secondary N) is 1. The number of carbonyl (C=O) groups excluding carboxylic acids is 1. The number of fused-ring (bicyclic) bond motifs is 3. The van der Waals surface area contributed by atoms with E-state index in [0.717, 1.165) is 22.5 Å². The Morgan fingerprint density at radius 1 is 0.967 bits per heavy atom. The minimum Gasteiger partial charge on any atom is -0.495 e. The first-order valence-corrected chi connectivity index (χ1v) is 10.6. The third kappa shape index (κ3) is 3.27. The van der Waals surface area contributed by atoms with E-state index in [4.69, 9.17) is 9.72 Å². The number of ether oxygens (including phenoxy) is 1. The van der Waals surface area contributed by atoms with Gasteiger partial charge in [-0.2, -0.15) is 0 Å². The van der Waals surface area contributed by atoms with Gasteiger partial charge >= 0.3 is 0 Å². The number of hydrogen-bond acceptors (Lipinski definition) is 6. The van der Waals surface area contributed by atoms with Gasteiger partial charge in [0.15, 0.2) is 0 Å². The summed E-state index contributed by atoms with van der Waals surface area (Å²) in [4.78, 5) is 17.0. The van der Waals surface area contributed by atoms with Gasteiger partial charge in [0.2, 0.25) is 11.1 Å². The number of para-hydroxylation sites is 2. The van der Waals surface area contributed by atoms with Crippen LogP contribution in [-0.4, -0.2) is 34.0 Å². The minimum absolute atomic E-state index is 0.0849. The summed E-state index contributed by atoms with van der Waals surface area (Å²) in [7, 11) is 1.58. The molecule has 1 N–H and O–H groups in total. The lowest BCUT2D eigenvalue weighted by Gasteiger charge is -2.09. The molecule has 3 aromatic carbocycles. The van der Waals surface area contributed by atoms with Crippen molar-refractivity contribution in [3.05, 3.63) is 60.7 Å². The second kappa shape index (κ2) is 7.76. The van der Waals surface area contributed by atoms with E-state index in [2.05, 4.69) is 39.8 Å². The first-order chi connectivity index (χ1) is 14.7. The second-order valence-electron chi connectivity index (χ2n) is 6.85. The number of carbonyl (C=O) groups is 1. The normalized spacial score (nSPS) is 11.4. The summed E-state index contributed by atoms with van der Waals surface area (Å²) in [6, 6.07) is 19.7. The highest BCUT2D eigenvalue weighted by atomic mass is 32.2. The van der Waals surface area contributed by atoms with Crippen molar-refractivity contribution < 1.29 is 9.53 Å². The highest BCUT2D eigenvalue weighted by Crippen LogP contribution is 2.44. The smallest absolute Gasteiger partial charge is 0.225 e. The van der Waals surface area contributed by atoms with Crippen molar-refractivity contribution >= 4 is 34.1 Å². The molecule has 4 aromatic rings. The number of amides is 1. The topological polar surface area (TPSA) is 77.0 Å². The summed E-state index contributed by atoms with van der Waals surface area (Å²) >= 11 is 1.43. The van der Waals surface area contributed by atoms with E-state index in [-0.39, 0.29) is 5.91 Å². The molecule has 30 heavy (non-hydrogen) atoms. The fraction of sp³-hybridized carbons (Fsp3) is 0.130. The Hall–Kier alpha value is -3.45. The Balaban J connectivity index is 1.28. The monoisotopic (exact) mass is 414 g/mol. The van der Waals surface area contributed by atoms with Crippen LogP contribution in [0.15, 0.2) is 65.8 Å².